The maximum Gasteiger partial charge on any atom is 0.410 e. The van der Waals surface area contributed by atoms with Crippen LogP contribution < -0.4 is 57.2 Å². The number of aromatic hydroxyl groups is 3. The summed E-state index contributed by atoms with van der Waals surface area (Å²) in [5, 5.41) is 132. The molecular formula is C74H83Cl2N9O28. The van der Waals surface area contributed by atoms with Gasteiger partial charge in [0.05, 0.1) is 34.7 Å². The lowest BCUT2D eigenvalue weighted by atomic mass is 9.85. The zero-order chi connectivity index (χ0) is 82.5. The second kappa shape index (κ2) is 35.3. The van der Waals surface area contributed by atoms with Gasteiger partial charge in [-0.15, -0.1) is 0 Å². The van der Waals surface area contributed by atoms with Crippen LogP contribution in [0.15, 0.2) is 104 Å². The molecular weight excluding hydrogens is 1530 g/mol. The molecule has 0 saturated carbocycles. The van der Waals surface area contributed by atoms with Crippen molar-refractivity contribution in [1.29, 1.82) is 0 Å². The van der Waals surface area contributed by atoms with Gasteiger partial charge in [-0.2, -0.15) is 0 Å². The van der Waals surface area contributed by atoms with Gasteiger partial charge in [-0.3, -0.25) is 38.5 Å². The van der Waals surface area contributed by atoms with E-state index in [0.717, 1.165) is 83.8 Å². The number of aliphatic hydroxyl groups excluding tert-OH is 6. The van der Waals surface area contributed by atoms with Crippen LogP contribution in [0, 0.1) is 5.92 Å². The van der Waals surface area contributed by atoms with E-state index < -0.39 is 272 Å². The molecule has 0 aromatic heterocycles. The number of hydrogen-bond acceptors (Lipinski definition) is 27. The van der Waals surface area contributed by atoms with Crippen LogP contribution in [0.3, 0.4) is 0 Å². The Labute approximate surface area is 652 Å². The fourth-order valence-corrected chi connectivity index (χ4v) is 13.9. The molecule has 5 aromatic carbocycles. The number of ether oxygens (including phenoxy) is 8. The van der Waals surface area contributed by atoms with E-state index in [1.807, 2.05) is 0 Å². The summed E-state index contributed by atoms with van der Waals surface area (Å²) in [6, 6.07) is -2.25. The number of phenolic OH excluding ortho intramolecular Hbond substituents is 3. The first-order valence-electron chi connectivity index (χ1n) is 35.0. The van der Waals surface area contributed by atoms with Crippen molar-refractivity contribution in [3.05, 3.63) is 142 Å². The van der Waals surface area contributed by atoms with E-state index in [9.17, 15) is 79.8 Å². The standard InChI is InChI=1S/C74H83Cl2N9O28/c1-8-16-106-72(104)84-74(6)27-50(108-30(5)63(74)95)112-62-60(94)59(93)48(28-86)111-71(62)113-61-46-22-34-23-47(61)110-45-15-12-33(21-39(45)76)58(92)56-69(101)81-54(70(102)103)37-24-35(87)25-43(89)51(37)36-19-31(10-13-42(36)88)52(66(98)83-56)80-67(99)53(34)79-64(96)40(26-49(77)90)78-68(100)55(57(91)32-11-14-44(109-46)38(75)20-32)82-65(97)41(18-29(3)4)85(7)73(105)107-17-9-2/h8-15,19-25,29-30,40-41,48,50,52-60,62-63,71,86-89,91-95H,1-2,16-18,26-28H2,3-7H3,(H2,77,90)(H,78,100)(H,79,96)(H,80,99)(H,81,101)(H,82,97)(H,83,98)(H,84,104)(H,102,103)/t30?,40-,41+,48?,50?,52?,53?,54+,55+,56-,57+,58+,59?,60?,62?,63?,71?,74?/m0/s1. The molecule has 7 aliphatic heterocycles. The van der Waals surface area contributed by atoms with E-state index in [-0.39, 0.29) is 36.7 Å². The molecule has 5 aromatic rings. The van der Waals surface area contributed by atoms with Crippen LogP contribution in [0.1, 0.15) is 105 Å². The number of nitrogens with two attached hydrogens (primary N) is 1. The molecule has 11 unspecified atom stereocenters. The van der Waals surface area contributed by atoms with Crippen LogP contribution >= 0.6 is 23.2 Å². The second-order valence-corrected chi connectivity index (χ2v) is 28.6. The molecule has 18 atom stereocenters. The van der Waals surface area contributed by atoms with E-state index in [1.165, 1.54) is 33.0 Å². The maximum absolute atomic E-state index is 16.2. The molecule has 0 spiro atoms. The number of fused-ring (bicyclic) bond motifs is 15. The number of aliphatic carboxylic acids is 1. The highest BCUT2D eigenvalue weighted by molar-refractivity contribution is 6.32. The largest absolute Gasteiger partial charge is 0.508 e. The van der Waals surface area contributed by atoms with Crippen LogP contribution in [-0.4, -0.2) is 221 Å². The van der Waals surface area contributed by atoms with Crippen molar-refractivity contribution in [2.75, 3.05) is 26.9 Å². The maximum atomic E-state index is 16.2. The van der Waals surface area contributed by atoms with Gasteiger partial charge in [0.25, 0.3) is 0 Å². The summed E-state index contributed by atoms with van der Waals surface area (Å²) in [5.74, 6) is -17.4. The van der Waals surface area contributed by atoms with Gasteiger partial charge >= 0.3 is 18.2 Å². The number of alkyl carbamates (subject to hydrolysis) is 1. The lowest BCUT2D eigenvalue weighted by Gasteiger charge is -2.48. The molecule has 7 aliphatic rings. The number of amides is 9. The van der Waals surface area contributed by atoms with Gasteiger partial charge < -0.3 is 132 Å². The van der Waals surface area contributed by atoms with Crippen LogP contribution in [0.2, 0.25) is 10.0 Å². The normalized spacial score (nSPS) is 27.3. The summed E-state index contributed by atoms with van der Waals surface area (Å²) in [6.45, 7) is 11.7. The molecule has 606 valence electrons. The Morgan fingerprint density at radius 1 is 0.717 bits per heavy atom. The molecule has 12 rings (SSSR count). The van der Waals surface area contributed by atoms with Crippen molar-refractivity contribution in [3.63, 3.8) is 0 Å². The highest BCUT2D eigenvalue weighted by atomic mass is 35.5. The number of benzene rings is 5. The summed E-state index contributed by atoms with van der Waals surface area (Å²) >= 11 is 14.2. The Morgan fingerprint density at radius 3 is 1.92 bits per heavy atom. The Kier molecular flexibility index (Phi) is 26.3. The number of nitrogens with one attached hydrogen (secondary N) is 7. The van der Waals surface area contributed by atoms with E-state index in [1.54, 1.807) is 13.8 Å². The zero-order valence-electron chi connectivity index (χ0n) is 60.8. The predicted octanol–water partition coefficient (Wildman–Crippen LogP) is 2.09. The Bertz CT molecular complexity index is 4550. The lowest BCUT2D eigenvalue weighted by Crippen LogP contribution is -2.66. The average molecular weight is 1620 g/mol. The van der Waals surface area contributed by atoms with E-state index in [0.29, 0.717) is 0 Å². The quantitative estimate of drug-likeness (QED) is 0.0558. The third-order valence-corrected chi connectivity index (χ3v) is 19.7. The minimum absolute atomic E-state index is 0.0931. The van der Waals surface area contributed by atoms with Gasteiger partial charge in [-0.05, 0) is 103 Å². The third-order valence-electron chi connectivity index (χ3n) is 19.2. The Hall–Kier alpha value is -11.1. The van der Waals surface area contributed by atoms with Crippen molar-refractivity contribution in [1.82, 2.24) is 42.1 Å². The monoisotopic (exact) mass is 1620 g/mol. The summed E-state index contributed by atoms with van der Waals surface area (Å²) in [5.41, 5.74) is 0.929. The van der Waals surface area contributed by atoms with Crippen LogP contribution in [0.4, 0.5) is 9.59 Å². The fourth-order valence-electron chi connectivity index (χ4n) is 13.4. The van der Waals surface area contributed by atoms with Gasteiger partial charge in [0.2, 0.25) is 53.4 Å². The number of carbonyl (C=O) groups is 10. The summed E-state index contributed by atoms with van der Waals surface area (Å²) in [6.07, 6.45) is -20.0. The number of primary amides is 1. The van der Waals surface area contributed by atoms with Crippen molar-refractivity contribution in [2.24, 2.45) is 11.7 Å². The van der Waals surface area contributed by atoms with Gasteiger partial charge in [-0.25, -0.2) is 14.4 Å². The SMILES string of the molecule is C=CCOC(=O)NC1(C)CC(OC2C(Oc3c4cc5cc3Oc3ccc(cc3Cl)[C@@H](O)[C@@H](NC(=O)[C@@H](CC(C)C)N(C)C(=O)OCC=C)C(=O)N[C@@H](CC(N)=O)C(=O)NC5C(=O)NC3C(=O)N[C@H](C(=O)N[C@@H](C(=O)O)c5cc(O)cc(O)c5-c5cc3ccc5O)[C@H](O)c3ccc(c(Cl)c3)O4)OC(CO)C(O)C2O)OC(C)C1O. The van der Waals surface area contributed by atoms with Crippen LogP contribution in [-0.2, 0) is 62.0 Å². The van der Waals surface area contributed by atoms with E-state index >= 15 is 19.2 Å². The molecule has 0 radical (unpaired) electrons. The minimum atomic E-state index is -2.44. The number of halogens is 2. The van der Waals surface area contributed by atoms with Crippen molar-refractivity contribution >= 4 is 82.7 Å². The molecule has 113 heavy (non-hydrogen) atoms. The number of carboxylic acid groups (broad SMARTS) is 1. The number of nitrogens with zero attached hydrogens (tertiary/aromatic N) is 1. The molecule has 2 saturated heterocycles. The molecule has 0 aliphatic carbocycles. The number of likely N-dealkylation sites (N-methyl/N-ethyl adjacent to an activating group) is 1. The van der Waals surface area contributed by atoms with Crippen LogP contribution in [0.5, 0.6) is 46.0 Å². The highest BCUT2D eigenvalue weighted by Crippen LogP contribution is 2.50. The summed E-state index contributed by atoms with van der Waals surface area (Å²) in [4.78, 5) is 146. The number of carboxylic acids is 1. The Morgan fingerprint density at radius 2 is 1.32 bits per heavy atom. The third kappa shape index (κ3) is 18.7. The average Bonchev–Trinajstić information content (AvgIpc) is 0.774. The van der Waals surface area contributed by atoms with Gasteiger partial charge in [0.1, 0.15) is 115 Å². The number of carbonyl (C=O) groups excluding carboxylic acids is 9. The van der Waals surface area contributed by atoms with Gasteiger partial charge in [-0.1, -0.05) is 80.6 Å². The van der Waals surface area contributed by atoms with Crippen molar-refractivity contribution in [2.45, 2.75) is 156 Å². The molecule has 19 N–H and O–H groups in total. The fraction of sp³-hybridized carbons (Fsp3) is 0.405. The summed E-state index contributed by atoms with van der Waals surface area (Å²) < 4.78 is 49.0. The van der Waals surface area contributed by atoms with E-state index in [4.69, 9.17) is 66.8 Å². The molecule has 9 amide bonds. The second-order valence-electron chi connectivity index (χ2n) is 27.8. The first-order chi connectivity index (χ1) is 53.4. The summed E-state index contributed by atoms with van der Waals surface area (Å²) in [7, 11) is 1.22. The lowest BCUT2D eigenvalue weighted by molar-refractivity contribution is -0.334. The first-order valence-corrected chi connectivity index (χ1v) is 35.8. The smallest absolute Gasteiger partial charge is 0.410 e. The van der Waals surface area contributed by atoms with Crippen molar-refractivity contribution in [3.8, 4) is 57.1 Å². The highest BCUT2D eigenvalue weighted by Gasteiger charge is 2.53. The van der Waals surface area contributed by atoms with Crippen molar-refractivity contribution < 1.29 is 137 Å². The van der Waals surface area contributed by atoms with Gasteiger partial charge in [0.15, 0.2) is 29.9 Å². The number of phenols is 3. The first kappa shape index (κ1) is 84.4. The van der Waals surface area contributed by atoms with E-state index in [2.05, 4.69) is 50.4 Å². The zero-order valence-corrected chi connectivity index (χ0v) is 62.3. The molecule has 37 nitrogen and oxygen atoms in total. The van der Waals surface area contributed by atoms with Crippen LogP contribution in [0.25, 0.3) is 11.1 Å². The molecule has 11 bridgehead atoms. The molecule has 39 heteroatoms. The van der Waals surface area contributed by atoms with Gasteiger partial charge in [0, 0.05) is 36.2 Å². The number of hydrogen-bond donors (Lipinski definition) is 18. The molecule has 7 heterocycles. The topological polar surface area (TPSA) is 560 Å². The minimum Gasteiger partial charge on any atom is -0.508 e. The predicted molar refractivity (Wildman–Crippen MR) is 390 cm³/mol. The Balaban J connectivity index is 1.22. The number of aliphatic hydroxyl groups is 6. The molecule has 2 fully saturated rings. The number of rotatable bonds is 18.